The molecule has 8 nitrogen and oxygen atoms in total. The average molecular weight is 415 g/mol. The number of carbonyl (C=O) groups excluding carboxylic acids is 1. The lowest BCUT2D eigenvalue weighted by Crippen LogP contribution is -2.40. The molecule has 1 aromatic carbocycles. The zero-order valence-corrected chi connectivity index (χ0v) is 16.5. The second kappa shape index (κ2) is 7.97. The van der Waals surface area contributed by atoms with Crippen LogP contribution >= 0.6 is 11.6 Å². The fourth-order valence-corrected chi connectivity index (χ4v) is 4.31. The molecule has 0 unspecified atom stereocenters. The summed E-state index contributed by atoms with van der Waals surface area (Å²) in [7, 11) is -3.74. The third kappa shape index (κ3) is 4.16. The number of ether oxygens (including phenoxy) is 2. The largest absolute Gasteiger partial charge is 0.457 e. The molecule has 1 aliphatic heterocycles. The van der Waals surface area contributed by atoms with E-state index < -0.39 is 16.0 Å². The summed E-state index contributed by atoms with van der Waals surface area (Å²) < 4.78 is 42.3. The van der Waals surface area contributed by atoms with Crippen LogP contribution < -0.4 is 0 Å². The van der Waals surface area contributed by atoms with Gasteiger partial charge < -0.3 is 14.0 Å². The Hall–Kier alpha value is -1.94. The Morgan fingerprint density at radius 2 is 2.00 bits per heavy atom. The van der Waals surface area contributed by atoms with Gasteiger partial charge in [-0.1, -0.05) is 16.8 Å². The maximum absolute atomic E-state index is 12.8. The molecule has 0 bridgehead atoms. The molecule has 0 atom stereocenters. The highest BCUT2D eigenvalue weighted by atomic mass is 35.5. The summed E-state index contributed by atoms with van der Waals surface area (Å²) >= 11 is 6.09. The van der Waals surface area contributed by atoms with Gasteiger partial charge in [0.25, 0.3) is 0 Å². The topological polar surface area (TPSA) is 98.9 Å². The van der Waals surface area contributed by atoms with Crippen molar-refractivity contribution in [1.29, 1.82) is 0 Å². The van der Waals surface area contributed by atoms with Crippen LogP contribution in [0.5, 0.6) is 0 Å². The molecular weight excluding hydrogens is 396 g/mol. The highest BCUT2D eigenvalue weighted by Gasteiger charge is 2.28. The molecule has 0 radical (unpaired) electrons. The molecule has 1 saturated heterocycles. The van der Waals surface area contributed by atoms with Crippen molar-refractivity contribution in [1.82, 2.24) is 9.46 Å². The van der Waals surface area contributed by atoms with E-state index in [4.69, 9.17) is 25.6 Å². The molecular formula is C17H19ClN2O6S. The van der Waals surface area contributed by atoms with Crippen LogP contribution in [0, 0.1) is 13.8 Å². The quantitative estimate of drug-likeness (QED) is 0.692. The fourth-order valence-electron chi connectivity index (χ4n) is 2.68. The number of halogens is 1. The summed E-state index contributed by atoms with van der Waals surface area (Å²) in [5, 5.41) is 3.91. The average Bonchev–Trinajstić information content (AvgIpc) is 2.98. The van der Waals surface area contributed by atoms with E-state index in [1.165, 1.54) is 22.5 Å². The van der Waals surface area contributed by atoms with Crippen LogP contribution in [-0.4, -0.2) is 50.2 Å². The van der Waals surface area contributed by atoms with Crippen molar-refractivity contribution in [2.75, 3.05) is 26.3 Å². The van der Waals surface area contributed by atoms with Crippen molar-refractivity contribution in [3.8, 4) is 0 Å². The number of sulfonamides is 1. The first-order chi connectivity index (χ1) is 12.8. The molecule has 2 aromatic rings. The van der Waals surface area contributed by atoms with Gasteiger partial charge in [0.2, 0.25) is 10.0 Å². The number of hydrogen-bond donors (Lipinski definition) is 0. The van der Waals surface area contributed by atoms with Crippen LogP contribution in [0.3, 0.4) is 0 Å². The van der Waals surface area contributed by atoms with Gasteiger partial charge in [0.15, 0.2) is 0 Å². The maximum atomic E-state index is 12.8. The van der Waals surface area contributed by atoms with Gasteiger partial charge in [-0.3, -0.25) is 0 Å². The monoisotopic (exact) mass is 414 g/mol. The van der Waals surface area contributed by atoms with Crippen LogP contribution in [0.4, 0.5) is 0 Å². The first-order valence-electron chi connectivity index (χ1n) is 8.27. The number of morpholine rings is 1. The van der Waals surface area contributed by atoms with Crippen LogP contribution in [-0.2, 0) is 26.1 Å². The van der Waals surface area contributed by atoms with Gasteiger partial charge in [-0.2, -0.15) is 4.31 Å². The van der Waals surface area contributed by atoms with Crippen molar-refractivity contribution in [3.05, 3.63) is 45.8 Å². The first kappa shape index (κ1) is 19.8. The molecule has 0 amide bonds. The number of nitrogens with zero attached hydrogens (tertiary/aromatic N) is 2. The van der Waals surface area contributed by atoms with Gasteiger partial charge in [-0.25, -0.2) is 13.2 Å². The SMILES string of the molecule is Cc1noc(C)c1COC(=O)c1cc(S(=O)(=O)N2CCOCC2)ccc1Cl. The lowest BCUT2D eigenvalue weighted by molar-refractivity contribution is 0.0470. The summed E-state index contributed by atoms with van der Waals surface area (Å²) in [6.45, 7) is 4.59. The van der Waals surface area contributed by atoms with E-state index in [0.29, 0.717) is 30.2 Å². The van der Waals surface area contributed by atoms with E-state index in [0.717, 1.165) is 0 Å². The Bertz CT molecular complexity index is 931. The van der Waals surface area contributed by atoms with E-state index in [9.17, 15) is 13.2 Å². The minimum atomic E-state index is -3.74. The molecule has 27 heavy (non-hydrogen) atoms. The number of aromatic nitrogens is 1. The van der Waals surface area contributed by atoms with Gasteiger partial charge in [0.1, 0.15) is 12.4 Å². The number of rotatable bonds is 5. The lowest BCUT2D eigenvalue weighted by Gasteiger charge is -2.26. The van der Waals surface area contributed by atoms with E-state index >= 15 is 0 Å². The molecule has 10 heteroatoms. The Labute approximate surface area is 162 Å². The van der Waals surface area contributed by atoms with Crippen LogP contribution in [0.2, 0.25) is 5.02 Å². The second-order valence-electron chi connectivity index (χ2n) is 6.04. The molecule has 3 rings (SSSR count). The zero-order valence-electron chi connectivity index (χ0n) is 14.9. The van der Waals surface area contributed by atoms with Gasteiger partial charge in [-0.15, -0.1) is 0 Å². The van der Waals surface area contributed by atoms with Gasteiger partial charge in [0, 0.05) is 13.1 Å². The van der Waals surface area contributed by atoms with Crippen molar-refractivity contribution in [3.63, 3.8) is 0 Å². The second-order valence-corrected chi connectivity index (χ2v) is 8.38. The van der Waals surface area contributed by atoms with Gasteiger partial charge >= 0.3 is 5.97 Å². The first-order valence-corrected chi connectivity index (χ1v) is 10.1. The van der Waals surface area contributed by atoms with Gasteiger partial charge in [0.05, 0.1) is 40.0 Å². The van der Waals surface area contributed by atoms with Crippen LogP contribution in [0.25, 0.3) is 0 Å². The molecule has 146 valence electrons. The summed E-state index contributed by atoms with van der Waals surface area (Å²) in [5.41, 5.74) is 1.27. The maximum Gasteiger partial charge on any atom is 0.340 e. The summed E-state index contributed by atoms with van der Waals surface area (Å²) in [6.07, 6.45) is 0. The smallest absolute Gasteiger partial charge is 0.340 e. The lowest BCUT2D eigenvalue weighted by atomic mass is 10.2. The number of esters is 1. The van der Waals surface area contributed by atoms with Gasteiger partial charge in [-0.05, 0) is 32.0 Å². The minimum Gasteiger partial charge on any atom is -0.457 e. The molecule has 1 aromatic heterocycles. The van der Waals surface area contributed by atoms with E-state index in [-0.39, 0.29) is 35.2 Å². The fraction of sp³-hybridized carbons (Fsp3) is 0.412. The highest BCUT2D eigenvalue weighted by Crippen LogP contribution is 2.25. The normalized spacial score (nSPS) is 15.7. The zero-order chi connectivity index (χ0) is 19.6. The third-order valence-electron chi connectivity index (χ3n) is 4.29. The Balaban J connectivity index is 1.81. The summed E-state index contributed by atoms with van der Waals surface area (Å²) in [5.74, 6) is -0.172. The number of aryl methyl sites for hydroxylation is 2. The number of hydrogen-bond acceptors (Lipinski definition) is 7. The minimum absolute atomic E-state index is 0.0157. The molecule has 1 aliphatic rings. The predicted octanol–water partition coefficient (Wildman–Crippen LogP) is 2.32. The Morgan fingerprint density at radius 1 is 1.30 bits per heavy atom. The van der Waals surface area contributed by atoms with Crippen molar-refractivity contribution >= 4 is 27.6 Å². The van der Waals surface area contributed by atoms with E-state index in [1.54, 1.807) is 13.8 Å². The van der Waals surface area contributed by atoms with Crippen molar-refractivity contribution < 1.29 is 27.2 Å². The number of benzene rings is 1. The van der Waals surface area contributed by atoms with Crippen LogP contribution in [0.15, 0.2) is 27.6 Å². The standard InChI is InChI=1S/C17H19ClN2O6S/c1-11-15(12(2)26-19-11)10-25-17(21)14-9-13(3-4-16(14)18)27(22,23)20-5-7-24-8-6-20/h3-4,9H,5-8,10H2,1-2H3. The third-order valence-corrected chi connectivity index (χ3v) is 6.52. The van der Waals surface area contributed by atoms with E-state index in [1.807, 2.05) is 0 Å². The molecule has 0 N–H and O–H groups in total. The summed E-state index contributed by atoms with van der Waals surface area (Å²) in [4.78, 5) is 12.4. The number of carbonyl (C=O) groups is 1. The molecule has 2 heterocycles. The van der Waals surface area contributed by atoms with Crippen molar-refractivity contribution in [2.24, 2.45) is 0 Å². The molecule has 0 saturated carbocycles. The predicted molar refractivity (Wildman–Crippen MR) is 96.1 cm³/mol. The van der Waals surface area contributed by atoms with E-state index in [2.05, 4.69) is 5.16 Å². The Kier molecular flexibility index (Phi) is 5.85. The molecule has 1 fully saturated rings. The van der Waals surface area contributed by atoms with Crippen molar-refractivity contribution in [2.45, 2.75) is 25.3 Å². The van der Waals surface area contributed by atoms with Crippen LogP contribution in [0.1, 0.15) is 27.4 Å². The summed E-state index contributed by atoms with van der Waals surface area (Å²) in [6, 6.07) is 3.99. The molecule has 0 aliphatic carbocycles. The molecule has 0 spiro atoms. The Morgan fingerprint density at radius 3 is 2.63 bits per heavy atom. The highest BCUT2D eigenvalue weighted by molar-refractivity contribution is 7.89.